The molecular formula is C26H27FN2O3. The fourth-order valence-electron chi connectivity index (χ4n) is 4.14. The van der Waals surface area contributed by atoms with Crippen LogP contribution in [-0.2, 0) is 13.0 Å². The first-order valence-electron chi connectivity index (χ1n) is 11.1. The third-order valence-electron chi connectivity index (χ3n) is 6.05. The van der Waals surface area contributed by atoms with Gasteiger partial charge in [0.15, 0.2) is 11.5 Å². The zero-order chi connectivity index (χ0) is 21.8. The molecule has 2 aliphatic rings. The first kappa shape index (κ1) is 20.6. The van der Waals surface area contributed by atoms with Crippen molar-refractivity contribution in [1.82, 2.24) is 4.90 Å². The first-order valence-corrected chi connectivity index (χ1v) is 11.1. The lowest BCUT2D eigenvalue weighted by Gasteiger charge is -2.36. The smallest absolute Gasteiger partial charge is 0.231 e. The van der Waals surface area contributed by atoms with Gasteiger partial charge in [0.25, 0.3) is 0 Å². The predicted octanol–water partition coefficient (Wildman–Crippen LogP) is 4.50. The van der Waals surface area contributed by atoms with Gasteiger partial charge in [-0.15, -0.1) is 0 Å². The van der Waals surface area contributed by atoms with Gasteiger partial charge in [-0.2, -0.15) is 0 Å². The molecule has 0 aromatic heterocycles. The van der Waals surface area contributed by atoms with Crippen molar-refractivity contribution in [3.05, 3.63) is 83.7 Å². The number of piperazine rings is 1. The minimum Gasteiger partial charge on any atom is -0.489 e. The SMILES string of the molecule is Fc1ccccc1N1CCN(CCc2ccc(COc3ccc4c(c3)OCO4)cc2)CC1. The number of nitrogens with zero attached hydrogens (tertiary/aromatic N) is 2. The fraction of sp³-hybridized carbons (Fsp3) is 0.308. The van der Waals surface area contributed by atoms with Gasteiger partial charge < -0.3 is 19.1 Å². The molecule has 1 saturated heterocycles. The Labute approximate surface area is 187 Å². The number of fused-ring (bicyclic) bond motifs is 1. The van der Waals surface area contributed by atoms with Crippen LogP contribution in [0.3, 0.4) is 0 Å². The summed E-state index contributed by atoms with van der Waals surface area (Å²) >= 11 is 0. The van der Waals surface area contributed by atoms with Crippen LogP contribution in [-0.4, -0.2) is 44.4 Å². The number of para-hydroxylation sites is 1. The fourth-order valence-corrected chi connectivity index (χ4v) is 4.14. The Hall–Kier alpha value is -3.25. The van der Waals surface area contributed by atoms with Gasteiger partial charge in [0.2, 0.25) is 6.79 Å². The Morgan fingerprint density at radius 3 is 2.38 bits per heavy atom. The van der Waals surface area contributed by atoms with Crippen LogP contribution in [0.5, 0.6) is 17.2 Å². The molecule has 0 spiro atoms. The lowest BCUT2D eigenvalue weighted by atomic mass is 10.1. The highest BCUT2D eigenvalue weighted by molar-refractivity contribution is 5.48. The van der Waals surface area contributed by atoms with Crippen LogP contribution < -0.4 is 19.1 Å². The Kier molecular flexibility index (Phi) is 6.12. The van der Waals surface area contributed by atoms with E-state index in [1.54, 1.807) is 6.07 Å². The van der Waals surface area contributed by atoms with Crippen molar-refractivity contribution < 1.29 is 18.6 Å². The van der Waals surface area contributed by atoms with E-state index < -0.39 is 0 Å². The molecule has 6 heteroatoms. The molecule has 32 heavy (non-hydrogen) atoms. The van der Waals surface area contributed by atoms with Crippen molar-refractivity contribution in [1.29, 1.82) is 0 Å². The number of anilines is 1. The molecular weight excluding hydrogens is 407 g/mol. The number of benzene rings is 3. The van der Waals surface area contributed by atoms with E-state index in [4.69, 9.17) is 14.2 Å². The first-order chi connectivity index (χ1) is 15.7. The van der Waals surface area contributed by atoms with Crippen LogP contribution in [0.4, 0.5) is 10.1 Å². The van der Waals surface area contributed by atoms with Gasteiger partial charge in [-0.1, -0.05) is 36.4 Å². The quantitative estimate of drug-likeness (QED) is 0.547. The largest absolute Gasteiger partial charge is 0.489 e. The van der Waals surface area contributed by atoms with Gasteiger partial charge in [-0.05, 0) is 41.8 Å². The standard InChI is InChI=1S/C26H27FN2O3/c27-23-3-1-2-4-24(23)29-15-13-28(14-16-29)12-11-20-5-7-21(8-6-20)18-30-22-9-10-25-26(17-22)32-19-31-25/h1-10,17H,11-16,18-19H2. The van der Waals surface area contributed by atoms with Crippen molar-refractivity contribution >= 4 is 5.69 Å². The second kappa shape index (κ2) is 9.49. The van der Waals surface area contributed by atoms with E-state index in [-0.39, 0.29) is 12.6 Å². The maximum absolute atomic E-state index is 14.0. The summed E-state index contributed by atoms with van der Waals surface area (Å²) in [6.07, 6.45) is 1.00. The second-order valence-electron chi connectivity index (χ2n) is 8.15. The normalized spacial score (nSPS) is 15.7. The van der Waals surface area contributed by atoms with E-state index in [9.17, 15) is 4.39 Å². The highest BCUT2D eigenvalue weighted by Crippen LogP contribution is 2.35. The van der Waals surface area contributed by atoms with Crippen LogP contribution in [0, 0.1) is 5.82 Å². The van der Waals surface area contributed by atoms with E-state index >= 15 is 0 Å². The third kappa shape index (κ3) is 4.81. The summed E-state index contributed by atoms with van der Waals surface area (Å²) < 4.78 is 30.6. The zero-order valence-electron chi connectivity index (χ0n) is 18.0. The molecule has 0 N–H and O–H groups in total. The second-order valence-corrected chi connectivity index (χ2v) is 8.15. The molecule has 0 saturated carbocycles. The molecule has 166 valence electrons. The summed E-state index contributed by atoms with van der Waals surface area (Å²) in [5.41, 5.74) is 3.16. The van der Waals surface area contributed by atoms with Crippen LogP contribution >= 0.6 is 0 Å². The van der Waals surface area contributed by atoms with Crippen molar-refractivity contribution in [3.63, 3.8) is 0 Å². The van der Waals surface area contributed by atoms with E-state index in [1.807, 2.05) is 30.3 Å². The Morgan fingerprint density at radius 2 is 1.56 bits per heavy atom. The van der Waals surface area contributed by atoms with Gasteiger partial charge in [-0.3, -0.25) is 4.90 Å². The highest BCUT2D eigenvalue weighted by Gasteiger charge is 2.19. The topological polar surface area (TPSA) is 34.2 Å². The van der Waals surface area contributed by atoms with Crippen molar-refractivity contribution in [2.24, 2.45) is 0 Å². The van der Waals surface area contributed by atoms with Gasteiger partial charge in [-0.25, -0.2) is 4.39 Å². The molecule has 0 unspecified atom stereocenters. The summed E-state index contributed by atoms with van der Waals surface area (Å²) in [5.74, 6) is 2.12. The van der Waals surface area contributed by atoms with E-state index in [0.29, 0.717) is 12.3 Å². The molecule has 0 aliphatic carbocycles. The highest BCUT2D eigenvalue weighted by atomic mass is 19.1. The van der Waals surface area contributed by atoms with Gasteiger partial charge in [0.1, 0.15) is 18.2 Å². The van der Waals surface area contributed by atoms with Crippen LogP contribution in [0.25, 0.3) is 0 Å². The summed E-state index contributed by atoms with van der Waals surface area (Å²) in [5, 5.41) is 0. The molecule has 2 heterocycles. The van der Waals surface area contributed by atoms with Crippen molar-refractivity contribution in [3.8, 4) is 17.2 Å². The summed E-state index contributed by atoms with van der Waals surface area (Å²) in [7, 11) is 0. The number of ether oxygens (including phenoxy) is 3. The average Bonchev–Trinajstić information content (AvgIpc) is 3.31. The number of hydrogen-bond acceptors (Lipinski definition) is 5. The van der Waals surface area contributed by atoms with Gasteiger partial charge in [0.05, 0.1) is 5.69 Å². The molecule has 3 aromatic rings. The Bertz CT molecular complexity index is 1050. The molecule has 0 radical (unpaired) electrons. The molecule has 3 aromatic carbocycles. The van der Waals surface area contributed by atoms with Crippen LogP contribution in [0.1, 0.15) is 11.1 Å². The number of halogens is 1. The van der Waals surface area contributed by atoms with Crippen LogP contribution in [0.2, 0.25) is 0 Å². The Balaban J connectivity index is 1.07. The minimum absolute atomic E-state index is 0.136. The zero-order valence-corrected chi connectivity index (χ0v) is 18.0. The minimum atomic E-state index is -0.136. The maximum Gasteiger partial charge on any atom is 0.231 e. The van der Waals surface area contributed by atoms with E-state index in [0.717, 1.165) is 62.0 Å². The monoisotopic (exact) mass is 434 g/mol. The molecule has 5 rings (SSSR count). The Morgan fingerprint density at radius 1 is 0.812 bits per heavy atom. The van der Waals surface area contributed by atoms with E-state index in [2.05, 4.69) is 34.1 Å². The number of rotatable bonds is 7. The van der Waals surface area contributed by atoms with Crippen molar-refractivity contribution in [2.45, 2.75) is 13.0 Å². The summed E-state index contributed by atoms with van der Waals surface area (Å²) in [4.78, 5) is 4.59. The molecule has 0 atom stereocenters. The van der Waals surface area contributed by atoms with Crippen LogP contribution in [0.15, 0.2) is 66.7 Å². The lowest BCUT2D eigenvalue weighted by Crippen LogP contribution is -2.47. The molecule has 1 fully saturated rings. The lowest BCUT2D eigenvalue weighted by molar-refractivity contribution is 0.173. The third-order valence-corrected chi connectivity index (χ3v) is 6.05. The summed E-state index contributed by atoms with van der Waals surface area (Å²) in [6.45, 7) is 5.41. The molecule has 5 nitrogen and oxygen atoms in total. The van der Waals surface area contributed by atoms with E-state index in [1.165, 1.54) is 11.6 Å². The van der Waals surface area contributed by atoms with Crippen molar-refractivity contribution in [2.75, 3.05) is 44.4 Å². The molecule has 0 amide bonds. The number of hydrogen-bond donors (Lipinski definition) is 0. The molecule has 2 aliphatic heterocycles. The average molecular weight is 435 g/mol. The maximum atomic E-state index is 14.0. The summed E-state index contributed by atoms with van der Waals surface area (Å²) in [6, 6.07) is 21.3. The predicted molar refractivity (Wildman–Crippen MR) is 122 cm³/mol. The molecule has 0 bridgehead atoms. The van der Waals surface area contributed by atoms with Gasteiger partial charge >= 0.3 is 0 Å². The van der Waals surface area contributed by atoms with Gasteiger partial charge in [0, 0.05) is 38.8 Å².